The smallest absolute Gasteiger partial charge is 0.271 e. The molecule has 1 aromatic carbocycles. The maximum Gasteiger partial charge on any atom is 0.271 e. The van der Waals surface area contributed by atoms with Gasteiger partial charge in [0, 0.05) is 12.6 Å². The van der Waals surface area contributed by atoms with E-state index in [0.29, 0.717) is 21.2 Å². The van der Waals surface area contributed by atoms with Crippen LogP contribution >= 0.6 is 22.9 Å². The lowest BCUT2D eigenvalue weighted by Gasteiger charge is -2.12. The Kier molecular flexibility index (Phi) is 4.55. The van der Waals surface area contributed by atoms with Gasteiger partial charge in [0.15, 0.2) is 0 Å². The van der Waals surface area contributed by atoms with Crippen LogP contribution < -0.4 is 10.0 Å². The number of nitrogens with one attached hydrogen (secondary N) is 2. The van der Waals surface area contributed by atoms with Gasteiger partial charge in [-0.1, -0.05) is 17.7 Å². The number of benzene rings is 1. The van der Waals surface area contributed by atoms with Gasteiger partial charge in [-0.15, -0.1) is 11.3 Å². The van der Waals surface area contributed by atoms with Crippen LogP contribution in [0, 0.1) is 6.92 Å². The minimum atomic E-state index is -3.71. The molecule has 2 aromatic rings. The molecule has 8 heteroatoms. The number of thiophene rings is 1. The molecule has 0 atom stereocenters. The van der Waals surface area contributed by atoms with Crippen molar-refractivity contribution in [3.63, 3.8) is 0 Å². The van der Waals surface area contributed by atoms with Crippen LogP contribution in [0.2, 0.25) is 4.34 Å². The monoisotopic (exact) mass is 344 g/mol. The summed E-state index contributed by atoms with van der Waals surface area (Å²) in [6, 6.07) is 7.82. The zero-order valence-electron chi connectivity index (χ0n) is 11.3. The molecule has 0 saturated carbocycles. The highest BCUT2D eigenvalue weighted by atomic mass is 35.5. The molecule has 0 radical (unpaired) electrons. The zero-order chi connectivity index (χ0) is 15.6. The van der Waals surface area contributed by atoms with Crippen molar-refractivity contribution in [2.24, 2.45) is 0 Å². The molecule has 2 rings (SSSR count). The second kappa shape index (κ2) is 6.05. The van der Waals surface area contributed by atoms with E-state index >= 15 is 0 Å². The third kappa shape index (κ3) is 3.37. The normalized spacial score (nSPS) is 11.2. The van der Waals surface area contributed by atoms with Gasteiger partial charge in [-0.25, -0.2) is 8.42 Å². The van der Waals surface area contributed by atoms with E-state index in [4.69, 9.17) is 11.6 Å². The fourth-order valence-electron chi connectivity index (χ4n) is 1.76. The predicted molar refractivity (Wildman–Crippen MR) is 84.7 cm³/mol. The molecular weight excluding hydrogens is 332 g/mol. The van der Waals surface area contributed by atoms with E-state index in [0.717, 1.165) is 11.3 Å². The van der Waals surface area contributed by atoms with Gasteiger partial charge in [0.25, 0.3) is 15.9 Å². The summed E-state index contributed by atoms with van der Waals surface area (Å²) >= 11 is 6.73. The average Bonchev–Trinajstić information content (AvgIpc) is 2.88. The van der Waals surface area contributed by atoms with Crippen LogP contribution in [0.3, 0.4) is 0 Å². The minimum absolute atomic E-state index is 0.122. The number of carbonyl (C=O) groups is 1. The van der Waals surface area contributed by atoms with Gasteiger partial charge in [0.1, 0.15) is 4.21 Å². The molecule has 0 unspecified atom stereocenters. The van der Waals surface area contributed by atoms with Crippen molar-refractivity contribution in [3.05, 3.63) is 45.8 Å². The molecule has 0 aliphatic rings. The standard InChI is InChI=1S/C13H13ClN2O3S2/c1-8-9(13(17)15-2)4-3-5-10(8)16-21(18,19)12-7-6-11(14)20-12/h3-7,16H,1-2H3,(H,15,17). The van der Waals surface area contributed by atoms with Crippen LogP contribution in [-0.2, 0) is 10.0 Å². The van der Waals surface area contributed by atoms with Crippen molar-refractivity contribution in [2.75, 3.05) is 11.8 Å². The van der Waals surface area contributed by atoms with E-state index in [1.807, 2.05) is 0 Å². The molecule has 0 bridgehead atoms. The zero-order valence-corrected chi connectivity index (χ0v) is 13.7. The maximum atomic E-state index is 12.3. The summed E-state index contributed by atoms with van der Waals surface area (Å²) in [7, 11) is -2.19. The Morgan fingerprint density at radius 3 is 2.52 bits per heavy atom. The first-order valence-corrected chi connectivity index (χ1v) is 8.63. The highest BCUT2D eigenvalue weighted by molar-refractivity contribution is 7.94. The van der Waals surface area contributed by atoms with Gasteiger partial charge in [-0.2, -0.15) is 0 Å². The summed E-state index contributed by atoms with van der Waals surface area (Å²) in [5.41, 5.74) is 1.34. The first-order chi connectivity index (χ1) is 9.85. The summed E-state index contributed by atoms with van der Waals surface area (Å²) in [5, 5.41) is 2.52. The molecule has 0 saturated heterocycles. The number of amides is 1. The Bertz CT molecular complexity index is 784. The lowest BCUT2D eigenvalue weighted by Crippen LogP contribution is -2.20. The molecule has 5 nitrogen and oxygen atoms in total. The van der Waals surface area contributed by atoms with E-state index in [2.05, 4.69) is 10.0 Å². The van der Waals surface area contributed by atoms with E-state index in [-0.39, 0.29) is 10.1 Å². The molecule has 112 valence electrons. The van der Waals surface area contributed by atoms with Crippen LogP contribution in [0.5, 0.6) is 0 Å². The Labute approximate surface area is 132 Å². The number of carbonyl (C=O) groups excluding carboxylic acids is 1. The van der Waals surface area contributed by atoms with Gasteiger partial charge in [0.2, 0.25) is 0 Å². The van der Waals surface area contributed by atoms with Crippen LogP contribution in [0.1, 0.15) is 15.9 Å². The van der Waals surface area contributed by atoms with Crippen LogP contribution in [-0.4, -0.2) is 21.4 Å². The second-order valence-corrected chi connectivity index (χ2v) is 7.85. The minimum Gasteiger partial charge on any atom is -0.355 e. The maximum absolute atomic E-state index is 12.3. The Morgan fingerprint density at radius 2 is 1.95 bits per heavy atom. The van der Waals surface area contributed by atoms with Gasteiger partial charge in [-0.3, -0.25) is 9.52 Å². The fourth-order valence-corrected chi connectivity index (χ4v) is 4.37. The first kappa shape index (κ1) is 15.8. The predicted octanol–water partition coefficient (Wildman–Crippen LogP) is 2.87. The number of anilines is 1. The SMILES string of the molecule is CNC(=O)c1cccc(NS(=O)(=O)c2ccc(Cl)s2)c1C. The molecule has 1 aromatic heterocycles. The molecule has 0 spiro atoms. The van der Waals surface area contributed by atoms with Gasteiger partial charge >= 0.3 is 0 Å². The molecule has 2 N–H and O–H groups in total. The Balaban J connectivity index is 2.38. The highest BCUT2D eigenvalue weighted by Crippen LogP contribution is 2.28. The lowest BCUT2D eigenvalue weighted by atomic mass is 10.1. The average molecular weight is 345 g/mol. The first-order valence-electron chi connectivity index (χ1n) is 5.95. The summed E-state index contributed by atoms with van der Waals surface area (Å²) in [4.78, 5) is 11.7. The largest absolute Gasteiger partial charge is 0.355 e. The summed E-state index contributed by atoms with van der Waals surface area (Å²) in [6.45, 7) is 1.68. The van der Waals surface area contributed by atoms with Crippen LogP contribution in [0.4, 0.5) is 5.69 Å². The topological polar surface area (TPSA) is 75.3 Å². The number of halogens is 1. The molecule has 0 aliphatic carbocycles. The number of hydrogen-bond donors (Lipinski definition) is 2. The Hall–Kier alpha value is -1.57. The molecule has 1 amide bonds. The van der Waals surface area contributed by atoms with Gasteiger partial charge < -0.3 is 5.32 Å². The molecular formula is C13H13ClN2O3S2. The van der Waals surface area contributed by atoms with Crippen molar-refractivity contribution in [1.29, 1.82) is 0 Å². The quantitative estimate of drug-likeness (QED) is 0.895. The number of hydrogen-bond acceptors (Lipinski definition) is 4. The fraction of sp³-hybridized carbons (Fsp3) is 0.154. The van der Waals surface area contributed by atoms with Crippen molar-refractivity contribution in [2.45, 2.75) is 11.1 Å². The van der Waals surface area contributed by atoms with Crippen LogP contribution in [0.25, 0.3) is 0 Å². The van der Waals surface area contributed by atoms with Crippen molar-refractivity contribution < 1.29 is 13.2 Å². The lowest BCUT2D eigenvalue weighted by molar-refractivity contribution is 0.0962. The van der Waals surface area contributed by atoms with Crippen molar-refractivity contribution >= 4 is 44.6 Å². The number of rotatable bonds is 4. The van der Waals surface area contributed by atoms with E-state index < -0.39 is 10.0 Å². The second-order valence-electron chi connectivity index (χ2n) is 4.22. The van der Waals surface area contributed by atoms with E-state index in [1.165, 1.54) is 19.2 Å². The summed E-state index contributed by atoms with van der Waals surface area (Å²) < 4.78 is 27.5. The number of sulfonamides is 1. The van der Waals surface area contributed by atoms with Gasteiger partial charge in [0.05, 0.1) is 10.0 Å². The third-order valence-corrected chi connectivity index (χ3v) is 5.95. The van der Waals surface area contributed by atoms with Crippen molar-refractivity contribution in [3.8, 4) is 0 Å². The summed E-state index contributed by atoms with van der Waals surface area (Å²) in [5.74, 6) is -0.271. The summed E-state index contributed by atoms with van der Waals surface area (Å²) in [6.07, 6.45) is 0. The van der Waals surface area contributed by atoms with E-state index in [9.17, 15) is 13.2 Å². The molecule has 0 aliphatic heterocycles. The molecule has 21 heavy (non-hydrogen) atoms. The van der Waals surface area contributed by atoms with Gasteiger partial charge in [-0.05, 0) is 36.8 Å². The molecule has 0 fully saturated rings. The highest BCUT2D eigenvalue weighted by Gasteiger charge is 2.19. The molecule has 1 heterocycles. The Morgan fingerprint density at radius 1 is 1.24 bits per heavy atom. The van der Waals surface area contributed by atoms with Crippen LogP contribution in [0.15, 0.2) is 34.5 Å². The van der Waals surface area contributed by atoms with Crippen molar-refractivity contribution in [1.82, 2.24) is 5.32 Å². The third-order valence-electron chi connectivity index (χ3n) is 2.86. The van der Waals surface area contributed by atoms with E-state index in [1.54, 1.807) is 25.1 Å².